The third kappa shape index (κ3) is 3.97. The Bertz CT molecular complexity index is 2120. The molecule has 4 heteroatoms. The second kappa shape index (κ2) is 9.42. The number of nitrogens with zero attached hydrogens (tertiary/aromatic N) is 3. The lowest BCUT2D eigenvalue weighted by Gasteiger charge is -2.48. The summed E-state index contributed by atoms with van der Waals surface area (Å²) in [5.41, 5.74) is 8.11. The molecule has 0 bridgehead atoms. The Morgan fingerprint density at radius 2 is 0.977 bits per heavy atom. The topological polar surface area (TPSA) is 38.7 Å². The van der Waals surface area contributed by atoms with Crippen LogP contribution in [-0.4, -0.2) is 15.0 Å². The first-order valence-corrected chi connectivity index (χ1v) is 15.6. The van der Waals surface area contributed by atoms with Crippen molar-refractivity contribution < 1.29 is 0 Å². The van der Waals surface area contributed by atoms with Gasteiger partial charge in [-0.1, -0.05) is 119 Å². The van der Waals surface area contributed by atoms with Crippen LogP contribution in [0.3, 0.4) is 0 Å². The zero-order valence-electron chi connectivity index (χ0n) is 24.7. The van der Waals surface area contributed by atoms with Gasteiger partial charge in [-0.3, -0.25) is 0 Å². The second-order valence-electron chi connectivity index (χ2n) is 12.5. The van der Waals surface area contributed by atoms with E-state index in [9.17, 15) is 0 Å². The average Bonchev–Trinajstić information content (AvgIpc) is 3.41. The summed E-state index contributed by atoms with van der Waals surface area (Å²) in [4.78, 5) is 15.0. The molecule has 0 amide bonds. The largest absolute Gasteiger partial charge is 0.208 e. The molecule has 2 heterocycles. The molecule has 0 unspecified atom stereocenters. The lowest BCUT2D eigenvalue weighted by molar-refractivity contribution is 0.299. The molecule has 1 aliphatic carbocycles. The molecule has 5 aromatic carbocycles. The Balaban J connectivity index is 1.37. The number of benzene rings is 5. The van der Waals surface area contributed by atoms with Crippen LogP contribution in [-0.2, 0) is 10.8 Å². The van der Waals surface area contributed by atoms with Crippen molar-refractivity contribution >= 4 is 31.5 Å². The van der Waals surface area contributed by atoms with E-state index in [1.165, 1.54) is 42.4 Å². The zero-order chi connectivity index (χ0) is 29.3. The van der Waals surface area contributed by atoms with Crippen LogP contribution in [0, 0.1) is 0 Å². The van der Waals surface area contributed by atoms with Crippen molar-refractivity contribution in [1.82, 2.24) is 15.0 Å². The highest BCUT2D eigenvalue weighted by Gasteiger charge is 2.46. The summed E-state index contributed by atoms with van der Waals surface area (Å²) in [6.45, 7) is 9.56. The standard InChI is InChI=1S/C39H31N3S/c1-38(2)31-20-19-26(37-41-35(24-13-7-5-8-14-24)40-36(42-37)25-15-9-6-10-16-25)21-28(31)29-23-34-30(22-32(29)39(38,3)4)27-17-11-12-18-33(27)43-34/h5-23H,1-4H3. The molecule has 8 rings (SSSR count). The summed E-state index contributed by atoms with van der Waals surface area (Å²) in [5.74, 6) is 2.04. The Morgan fingerprint density at radius 1 is 0.442 bits per heavy atom. The van der Waals surface area contributed by atoms with E-state index in [-0.39, 0.29) is 10.8 Å². The normalized spacial score (nSPS) is 14.9. The molecule has 43 heavy (non-hydrogen) atoms. The van der Waals surface area contributed by atoms with Crippen LogP contribution < -0.4 is 0 Å². The monoisotopic (exact) mass is 573 g/mol. The second-order valence-corrected chi connectivity index (χ2v) is 13.6. The summed E-state index contributed by atoms with van der Waals surface area (Å²) in [7, 11) is 0. The van der Waals surface area contributed by atoms with Crippen LogP contribution in [0.2, 0.25) is 0 Å². The van der Waals surface area contributed by atoms with Crippen molar-refractivity contribution in [2.75, 3.05) is 0 Å². The van der Waals surface area contributed by atoms with Crippen molar-refractivity contribution in [3.05, 3.63) is 126 Å². The molecule has 0 radical (unpaired) electrons. The summed E-state index contributed by atoms with van der Waals surface area (Å²) < 4.78 is 2.66. The Hall–Kier alpha value is -4.67. The van der Waals surface area contributed by atoms with E-state index in [1.54, 1.807) is 0 Å². The predicted molar refractivity (Wildman–Crippen MR) is 181 cm³/mol. The minimum Gasteiger partial charge on any atom is -0.208 e. The maximum atomic E-state index is 5.03. The third-order valence-corrected chi connectivity index (χ3v) is 10.8. The van der Waals surface area contributed by atoms with Gasteiger partial charge >= 0.3 is 0 Å². The van der Waals surface area contributed by atoms with Crippen LogP contribution in [0.25, 0.3) is 65.5 Å². The van der Waals surface area contributed by atoms with E-state index >= 15 is 0 Å². The van der Waals surface area contributed by atoms with Crippen LogP contribution in [0.1, 0.15) is 38.8 Å². The first-order valence-electron chi connectivity index (χ1n) is 14.8. The van der Waals surface area contributed by atoms with Gasteiger partial charge in [-0.2, -0.15) is 0 Å². The molecule has 3 nitrogen and oxygen atoms in total. The van der Waals surface area contributed by atoms with Crippen LogP contribution in [0.5, 0.6) is 0 Å². The van der Waals surface area contributed by atoms with Crippen LogP contribution in [0.15, 0.2) is 115 Å². The molecule has 0 saturated carbocycles. The fourth-order valence-corrected chi connectivity index (χ4v) is 7.70. The zero-order valence-corrected chi connectivity index (χ0v) is 25.5. The number of aromatic nitrogens is 3. The predicted octanol–water partition coefficient (Wildman–Crippen LogP) is 10.5. The summed E-state index contributed by atoms with van der Waals surface area (Å²) >= 11 is 1.88. The number of hydrogen-bond donors (Lipinski definition) is 0. The highest BCUT2D eigenvalue weighted by molar-refractivity contribution is 7.25. The lowest BCUT2D eigenvalue weighted by Crippen LogP contribution is -2.43. The highest BCUT2D eigenvalue weighted by atomic mass is 32.1. The molecule has 0 saturated heterocycles. The van der Waals surface area contributed by atoms with E-state index in [2.05, 4.69) is 107 Å². The molecule has 1 aliphatic rings. The first-order chi connectivity index (χ1) is 20.8. The molecular weight excluding hydrogens is 543 g/mol. The molecule has 0 aliphatic heterocycles. The molecule has 208 valence electrons. The maximum Gasteiger partial charge on any atom is 0.164 e. The molecular formula is C39H31N3S. The minimum absolute atomic E-state index is 0.0673. The maximum absolute atomic E-state index is 5.03. The average molecular weight is 574 g/mol. The fraction of sp³-hybridized carbons (Fsp3) is 0.154. The molecule has 0 atom stereocenters. The Kier molecular flexibility index (Phi) is 5.69. The van der Waals surface area contributed by atoms with Gasteiger partial charge in [-0.25, -0.2) is 15.0 Å². The van der Waals surface area contributed by atoms with E-state index in [0.29, 0.717) is 17.5 Å². The summed E-state index contributed by atoms with van der Waals surface area (Å²) in [5, 5.41) is 2.69. The number of thiophene rings is 1. The smallest absolute Gasteiger partial charge is 0.164 e. The summed E-state index contributed by atoms with van der Waals surface area (Å²) in [6, 6.07) is 40.8. The van der Waals surface area contributed by atoms with Gasteiger partial charge in [0, 0.05) is 36.9 Å². The van der Waals surface area contributed by atoms with Gasteiger partial charge in [0.2, 0.25) is 0 Å². The molecule has 0 N–H and O–H groups in total. The molecule has 7 aromatic rings. The van der Waals surface area contributed by atoms with Gasteiger partial charge in [0.15, 0.2) is 17.5 Å². The quantitative estimate of drug-likeness (QED) is 0.211. The van der Waals surface area contributed by atoms with Crippen molar-refractivity contribution in [3.63, 3.8) is 0 Å². The van der Waals surface area contributed by atoms with E-state index < -0.39 is 0 Å². The SMILES string of the molecule is CC1(C)c2ccc(-c3nc(-c4ccccc4)nc(-c4ccccc4)n3)cc2-c2cc3sc4ccccc4c3cc2C1(C)C. The first kappa shape index (κ1) is 26.0. The Morgan fingerprint density at radius 3 is 1.63 bits per heavy atom. The fourth-order valence-electron chi connectivity index (χ4n) is 6.57. The van der Waals surface area contributed by atoms with E-state index in [4.69, 9.17) is 15.0 Å². The van der Waals surface area contributed by atoms with Crippen LogP contribution in [0.4, 0.5) is 0 Å². The van der Waals surface area contributed by atoms with Gasteiger partial charge in [0.05, 0.1) is 0 Å². The number of hydrogen-bond acceptors (Lipinski definition) is 4. The van der Waals surface area contributed by atoms with Gasteiger partial charge in [0.25, 0.3) is 0 Å². The van der Waals surface area contributed by atoms with Gasteiger partial charge in [-0.15, -0.1) is 11.3 Å². The summed E-state index contributed by atoms with van der Waals surface area (Å²) in [6.07, 6.45) is 0. The molecule has 0 spiro atoms. The van der Waals surface area contributed by atoms with Crippen molar-refractivity contribution in [2.24, 2.45) is 0 Å². The van der Waals surface area contributed by atoms with Gasteiger partial charge < -0.3 is 0 Å². The van der Waals surface area contributed by atoms with Crippen molar-refractivity contribution in [1.29, 1.82) is 0 Å². The minimum atomic E-state index is -0.0864. The van der Waals surface area contributed by atoms with Gasteiger partial charge in [0.1, 0.15) is 0 Å². The lowest BCUT2D eigenvalue weighted by atomic mass is 9.55. The number of fused-ring (bicyclic) bond motifs is 6. The third-order valence-electron chi connectivity index (χ3n) is 9.69. The Labute approximate surface area is 256 Å². The van der Waals surface area contributed by atoms with E-state index in [1.807, 2.05) is 47.7 Å². The highest BCUT2D eigenvalue weighted by Crippen LogP contribution is 2.55. The molecule has 2 aromatic heterocycles. The van der Waals surface area contributed by atoms with E-state index in [0.717, 1.165) is 16.7 Å². The molecule has 0 fully saturated rings. The van der Waals surface area contributed by atoms with Gasteiger partial charge in [-0.05, 0) is 57.3 Å². The van der Waals surface area contributed by atoms with Crippen molar-refractivity contribution in [2.45, 2.75) is 38.5 Å². The number of rotatable bonds is 3. The van der Waals surface area contributed by atoms with Crippen molar-refractivity contribution in [3.8, 4) is 45.3 Å². The van der Waals surface area contributed by atoms with Crippen LogP contribution >= 0.6 is 11.3 Å².